The Labute approximate surface area is 118 Å². The fourth-order valence-corrected chi connectivity index (χ4v) is 2.07. The van der Waals surface area contributed by atoms with Crippen LogP contribution in [0.1, 0.15) is 41.0 Å². The molecule has 2 N–H and O–H groups in total. The summed E-state index contributed by atoms with van der Waals surface area (Å²) in [6, 6.07) is 13.9. The number of nitrogens with one attached hydrogen (secondary N) is 1. The Kier molecular flexibility index (Phi) is 4.85. The van der Waals surface area contributed by atoms with Gasteiger partial charge in [0.05, 0.1) is 11.3 Å². The van der Waals surface area contributed by atoms with E-state index in [1.165, 1.54) is 11.8 Å². The summed E-state index contributed by atoms with van der Waals surface area (Å²) in [4.78, 5) is 14.9. The second kappa shape index (κ2) is 6.82. The van der Waals surface area contributed by atoms with E-state index in [0.717, 1.165) is 12.1 Å². The van der Waals surface area contributed by atoms with Gasteiger partial charge in [-0.25, -0.2) is 4.79 Å². The molecule has 1 atom stereocenters. The maximum atomic E-state index is 10.8. The standard InChI is InChI=1S/C16H18N2O2/c1-2-15(12-6-4-3-5-7-12)18-11-14-9-8-13(10-17-14)16(19)20/h3-10,15,18H,2,11H2,1H3,(H,19,20). The molecule has 0 amide bonds. The maximum absolute atomic E-state index is 10.8. The topological polar surface area (TPSA) is 62.2 Å². The van der Waals surface area contributed by atoms with Crippen molar-refractivity contribution >= 4 is 5.97 Å². The highest BCUT2D eigenvalue weighted by molar-refractivity contribution is 5.87. The number of benzene rings is 1. The lowest BCUT2D eigenvalue weighted by atomic mass is 10.0. The van der Waals surface area contributed by atoms with E-state index in [1.54, 1.807) is 12.1 Å². The Bertz CT molecular complexity index is 552. The number of aromatic carboxylic acids is 1. The van der Waals surface area contributed by atoms with Gasteiger partial charge in [0.2, 0.25) is 0 Å². The van der Waals surface area contributed by atoms with Crippen molar-refractivity contribution in [2.24, 2.45) is 0 Å². The molecule has 0 bridgehead atoms. The highest BCUT2D eigenvalue weighted by Crippen LogP contribution is 2.16. The minimum atomic E-state index is -0.951. The Morgan fingerprint density at radius 1 is 1.25 bits per heavy atom. The van der Waals surface area contributed by atoms with Crippen molar-refractivity contribution in [3.63, 3.8) is 0 Å². The molecule has 1 unspecified atom stereocenters. The molecule has 0 spiro atoms. The highest BCUT2D eigenvalue weighted by Gasteiger charge is 2.09. The van der Waals surface area contributed by atoms with Crippen LogP contribution < -0.4 is 5.32 Å². The summed E-state index contributed by atoms with van der Waals surface area (Å²) in [6.07, 6.45) is 2.38. The van der Waals surface area contributed by atoms with Gasteiger partial charge in [-0.3, -0.25) is 4.98 Å². The SMILES string of the molecule is CCC(NCc1ccc(C(=O)O)cn1)c1ccccc1. The molecule has 0 aliphatic rings. The van der Waals surface area contributed by atoms with Gasteiger partial charge in [0.1, 0.15) is 0 Å². The van der Waals surface area contributed by atoms with Gasteiger partial charge in [0.15, 0.2) is 0 Å². The van der Waals surface area contributed by atoms with Crippen molar-refractivity contribution in [1.29, 1.82) is 0 Å². The third kappa shape index (κ3) is 3.65. The quantitative estimate of drug-likeness (QED) is 0.847. The molecule has 0 aliphatic carbocycles. The molecule has 0 radical (unpaired) electrons. The lowest BCUT2D eigenvalue weighted by molar-refractivity contribution is 0.0696. The Balaban J connectivity index is 1.98. The summed E-state index contributed by atoms with van der Waals surface area (Å²) in [5.41, 5.74) is 2.30. The first kappa shape index (κ1) is 14.2. The van der Waals surface area contributed by atoms with Crippen molar-refractivity contribution in [2.45, 2.75) is 25.9 Å². The minimum absolute atomic E-state index is 0.212. The van der Waals surface area contributed by atoms with Crippen molar-refractivity contribution in [2.75, 3.05) is 0 Å². The smallest absolute Gasteiger partial charge is 0.337 e. The van der Waals surface area contributed by atoms with Crippen molar-refractivity contribution in [1.82, 2.24) is 10.3 Å². The predicted octanol–water partition coefficient (Wildman–Crippen LogP) is 3.02. The number of pyridine rings is 1. The largest absolute Gasteiger partial charge is 0.478 e. The molecule has 2 aromatic rings. The van der Waals surface area contributed by atoms with Crippen LogP contribution in [0.25, 0.3) is 0 Å². The zero-order valence-corrected chi connectivity index (χ0v) is 11.4. The van der Waals surface area contributed by atoms with Gasteiger partial charge in [-0.2, -0.15) is 0 Å². The number of nitrogens with zero attached hydrogens (tertiary/aromatic N) is 1. The lowest BCUT2D eigenvalue weighted by Crippen LogP contribution is -2.20. The van der Waals surface area contributed by atoms with Crippen LogP contribution in [0.4, 0.5) is 0 Å². The zero-order chi connectivity index (χ0) is 14.4. The summed E-state index contributed by atoms with van der Waals surface area (Å²) >= 11 is 0. The van der Waals surface area contributed by atoms with Gasteiger partial charge in [-0.1, -0.05) is 37.3 Å². The summed E-state index contributed by atoms with van der Waals surface area (Å²) in [5.74, 6) is -0.951. The van der Waals surface area contributed by atoms with Crippen LogP contribution in [0.15, 0.2) is 48.7 Å². The number of aromatic nitrogens is 1. The molecule has 1 aromatic carbocycles. The van der Waals surface area contributed by atoms with Gasteiger partial charge in [0, 0.05) is 18.8 Å². The molecule has 1 heterocycles. The van der Waals surface area contributed by atoms with Gasteiger partial charge in [-0.15, -0.1) is 0 Å². The second-order valence-corrected chi connectivity index (χ2v) is 4.60. The fraction of sp³-hybridized carbons (Fsp3) is 0.250. The Morgan fingerprint density at radius 2 is 2.00 bits per heavy atom. The van der Waals surface area contributed by atoms with Crippen LogP contribution >= 0.6 is 0 Å². The van der Waals surface area contributed by atoms with E-state index in [1.807, 2.05) is 18.2 Å². The van der Waals surface area contributed by atoms with E-state index in [9.17, 15) is 4.79 Å². The number of carboxylic acid groups (broad SMARTS) is 1. The molecular formula is C16H18N2O2. The summed E-state index contributed by atoms with van der Waals surface area (Å²) < 4.78 is 0. The molecule has 1 aromatic heterocycles. The maximum Gasteiger partial charge on any atom is 0.337 e. The van der Waals surface area contributed by atoms with Crippen LogP contribution in [0, 0.1) is 0 Å². The average molecular weight is 270 g/mol. The van der Waals surface area contributed by atoms with Crippen molar-refractivity contribution < 1.29 is 9.90 Å². The molecule has 0 fully saturated rings. The minimum Gasteiger partial charge on any atom is -0.478 e. The van der Waals surface area contributed by atoms with Crippen molar-refractivity contribution in [3.05, 3.63) is 65.5 Å². The van der Waals surface area contributed by atoms with E-state index < -0.39 is 5.97 Å². The van der Waals surface area contributed by atoms with Gasteiger partial charge in [0.25, 0.3) is 0 Å². The summed E-state index contributed by atoms with van der Waals surface area (Å²) in [5, 5.41) is 12.3. The van der Waals surface area contributed by atoms with E-state index in [4.69, 9.17) is 5.11 Å². The van der Waals surface area contributed by atoms with Crippen LogP contribution in [0.5, 0.6) is 0 Å². The second-order valence-electron chi connectivity index (χ2n) is 4.60. The third-order valence-corrected chi connectivity index (χ3v) is 3.21. The molecule has 4 nitrogen and oxygen atoms in total. The first-order valence-electron chi connectivity index (χ1n) is 6.67. The number of hydrogen-bond donors (Lipinski definition) is 2. The molecule has 2 rings (SSSR count). The molecule has 0 saturated heterocycles. The van der Waals surface area contributed by atoms with Crippen LogP contribution in [0.3, 0.4) is 0 Å². The predicted molar refractivity (Wildman–Crippen MR) is 77.5 cm³/mol. The first-order valence-corrected chi connectivity index (χ1v) is 6.67. The fourth-order valence-electron chi connectivity index (χ4n) is 2.07. The molecule has 20 heavy (non-hydrogen) atoms. The third-order valence-electron chi connectivity index (χ3n) is 3.21. The number of rotatable bonds is 6. The van der Waals surface area contributed by atoms with E-state index in [2.05, 4.69) is 29.4 Å². The molecule has 104 valence electrons. The zero-order valence-electron chi connectivity index (χ0n) is 11.4. The van der Waals surface area contributed by atoms with E-state index in [-0.39, 0.29) is 11.6 Å². The normalized spacial score (nSPS) is 12.1. The van der Waals surface area contributed by atoms with Crippen LogP contribution in [-0.4, -0.2) is 16.1 Å². The van der Waals surface area contributed by atoms with Crippen LogP contribution in [0.2, 0.25) is 0 Å². The van der Waals surface area contributed by atoms with Gasteiger partial charge < -0.3 is 10.4 Å². The number of hydrogen-bond acceptors (Lipinski definition) is 3. The molecule has 0 aliphatic heterocycles. The van der Waals surface area contributed by atoms with E-state index >= 15 is 0 Å². The van der Waals surface area contributed by atoms with Crippen molar-refractivity contribution in [3.8, 4) is 0 Å². The number of carboxylic acids is 1. The Morgan fingerprint density at radius 3 is 2.55 bits per heavy atom. The average Bonchev–Trinajstić information content (AvgIpc) is 2.49. The summed E-state index contributed by atoms with van der Waals surface area (Å²) in [6.45, 7) is 2.75. The monoisotopic (exact) mass is 270 g/mol. The Hall–Kier alpha value is -2.20. The highest BCUT2D eigenvalue weighted by atomic mass is 16.4. The van der Waals surface area contributed by atoms with E-state index in [0.29, 0.717) is 6.54 Å². The molecule has 0 saturated carbocycles. The molecule has 4 heteroatoms. The first-order chi connectivity index (χ1) is 9.70. The summed E-state index contributed by atoms with van der Waals surface area (Å²) in [7, 11) is 0. The number of carbonyl (C=O) groups is 1. The van der Waals surface area contributed by atoms with Gasteiger partial charge >= 0.3 is 5.97 Å². The lowest BCUT2D eigenvalue weighted by Gasteiger charge is -2.17. The van der Waals surface area contributed by atoms with Gasteiger partial charge in [-0.05, 0) is 24.1 Å². The van der Waals surface area contributed by atoms with Crippen LogP contribution in [-0.2, 0) is 6.54 Å². The molecular weight excluding hydrogens is 252 g/mol.